The van der Waals surface area contributed by atoms with Gasteiger partial charge in [0.05, 0.1) is 9.80 Å². The van der Waals surface area contributed by atoms with E-state index >= 15 is 0 Å². The van der Waals surface area contributed by atoms with Gasteiger partial charge in [-0.15, -0.1) is 11.3 Å². The lowest BCUT2D eigenvalue weighted by Crippen LogP contribution is -2.08. The lowest BCUT2D eigenvalue weighted by atomic mass is 10.2. The summed E-state index contributed by atoms with van der Waals surface area (Å²) in [6, 6.07) is 6.36. The third kappa shape index (κ3) is 1.66. The van der Waals surface area contributed by atoms with E-state index in [4.69, 9.17) is 11.1 Å². The minimum Gasteiger partial charge on any atom is -0.383 e. The van der Waals surface area contributed by atoms with Crippen LogP contribution in [0.4, 0.5) is 5.69 Å². The van der Waals surface area contributed by atoms with Crippen molar-refractivity contribution in [3.63, 3.8) is 0 Å². The summed E-state index contributed by atoms with van der Waals surface area (Å²) in [5.41, 5.74) is 5.39. The summed E-state index contributed by atoms with van der Waals surface area (Å²) in [6.45, 7) is 0. The van der Waals surface area contributed by atoms with Gasteiger partial charge in [-0.25, -0.2) is 0 Å². The molecule has 0 saturated carbocycles. The molecule has 6 heteroatoms. The first-order chi connectivity index (χ1) is 7.08. The smallest absolute Gasteiger partial charge is 0.270 e. The third-order valence-electron chi connectivity index (χ3n) is 1.98. The van der Waals surface area contributed by atoms with Gasteiger partial charge in [-0.1, -0.05) is 0 Å². The lowest BCUT2D eigenvalue weighted by Gasteiger charge is -1.89. The predicted octanol–water partition coefficient (Wildman–Crippen LogP) is 2.09. The number of fused-ring (bicyclic) bond motifs is 1. The van der Waals surface area contributed by atoms with Crippen LogP contribution in [0.15, 0.2) is 24.3 Å². The van der Waals surface area contributed by atoms with Gasteiger partial charge in [-0.2, -0.15) is 0 Å². The Morgan fingerprint density at radius 3 is 2.80 bits per heavy atom. The molecule has 1 aromatic heterocycles. The summed E-state index contributed by atoms with van der Waals surface area (Å²) in [4.78, 5) is 10.7. The van der Waals surface area contributed by atoms with E-state index in [1.807, 2.05) is 0 Å². The summed E-state index contributed by atoms with van der Waals surface area (Å²) in [5, 5.41) is 18.7. The first-order valence-corrected chi connectivity index (χ1v) is 4.92. The Hall–Kier alpha value is -1.95. The van der Waals surface area contributed by atoms with Gasteiger partial charge in [-0.05, 0) is 17.5 Å². The molecule has 2 rings (SSSR count). The largest absolute Gasteiger partial charge is 0.383 e. The Labute approximate surface area is 88.8 Å². The van der Waals surface area contributed by atoms with Crippen molar-refractivity contribution in [3.05, 3.63) is 39.3 Å². The SMILES string of the molecule is N=C(N)c1cc2ccc([N+](=O)[O-])cc2s1. The molecule has 0 saturated heterocycles. The maximum absolute atomic E-state index is 10.5. The van der Waals surface area contributed by atoms with E-state index in [1.165, 1.54) is 23.5 Å². The monoisotopic (exact) mass is 221 g/mol. The van der Waals surface area contributed by atoms with Crippen molar-refractivity contribution in [1.82, 2.24) is 0 Å². The number of amidine groups is 1. The van der Waals surface area contributed by atoms with Crippen molar-refractivity contribution in [3.8, 4) is 0 Å². The van der Waals surface area contributed by atoms with Gasteiger partial charge in [0, 0.05) is 16.8 Å². The second kappa shape index (κ2) is 3.32. The first kappa shape index (κ1) is 9.60. The molecule has 1 heterocycles. The Kier molecular flexibility index (Phi) is 2.12. The zero-order chi connectivity index (χ0) is 11.0. The number of nitro benzene ring substituents is 1. The fourth-order valence-electron chi connectivity index (χ4n) is 1.27. The average molecular weight is 221 g/mol. The molecule has 0 fully saturated rings. The molecular weight excluding hydrogens is 214 g/mol. The normalized spacial score (nSPS) is 10.4. The number of nitrogen functional groups attached to an aromatic ring is 1. The minimum atomic E-state index is -0.438. The van der Waals surface area contributed by atoms with E-state index in [0.717, 1.165) is 10.1 Å². The van der Waals surface area contributed by atoms with Crippen LogP contribution in [0.3, 0.4) is 0 Å². The molecule has 0 spiro atoms. The van der Waals surface area contributed by atoms with E-state index in [2.05, 4.69) is 0 Å². The van der Waals surface area contributed by atoms with Crippen molar-refractivity contribution >= 4 is 32.9 Å². The average Bonchev–Trinajstić information content (AvgIpc) is 2.59. The second-order valence-corrected chi connectivity index (χ2v) is 4.09. The predicted molar refractivity (Wildman–Crippen MR) is 59.5 cm³/mol. The molecule has 1 aromatic carbocycles. The number of nitrogens with zero attached hydrogens (tertiary/aromatic N) is 1. The molecule has 0 unspecified atom stereocenters. The van der Waals surface area contributed by atoms with Crippen LogP contribution in [0.2, 0.25) is 0 Å². The van der Waals surface area contributed by atoms with Gasteiger partial charge < -0.3 is 5.73 Å². The van der Waals surface area contributed by atoms with Gasteiger partial charge in [0.1, 0.15) is 5.84 Å². The number of benzene rings is 1. The van der Waals surface area contributed by atoms with Crippen molar-refractivity contribution in [2.45, 2.75) is 0 Å². The lowest BCUT2D eigenvalue weighted by molar-refractivity contribution is -0.384. The van der Waals surface area contributed by atoms with Crippen LogP contribution >= 0.6 is 11.3 Å². The quantitative estimate of drug-likeness (QED) is 0.352. The number of rotatable bonds is 2. The minimum absolute atomic E-state index is 0.0150. The van der Waals surface area contributed by atoms with Gasteiger partial charge in [-0.3, -0.25) is 15.5 Å². The molecule has 3 N–H and O–H groups in total. The van der Waals surface area contributed by atoms with Crippen molar-refractivity contribution < 1.29 is 4.92 Å². The summed E-state index contributed by atoms with van der Waals surface area (Å²) in [6.07, 6.45) is 0. The summed E-state index contributed by atoms with van der Waals surface area (Å²) in [7, 11) is 0. The van der Waals surface area contributed by atoms with Crippen molar-refractivity contribution in [2.24, 2.45) is 5.73 Å². The highest BCUT2D eigenvalue weighted by Gasteiger charge is 2.09. The van der Waals surface area contributed by atoms with Gasteiger partial charge in [0.2, 0.25) is 0 Å². The molecule has 76 valence electrons. The zero-order valence-electron chi connectivity index (χ0n) is 7.56. The zero-order valence-corrected chi connectivity index (χ0v) is 8.38. The Morgan fingerprint density at radius 2 is 2.20 bits per heavy atom. The van der Waals surface area contributed by atoms with Crippen LogP contribution in [0.25, 0.3) is 10.1 Å². The molecular formula is C9H7N3O2S. The number of nitro groups is 1. The van der Waals surface area contributed by atoms with Gasteiger partial charge in [0.25, 0.3) is 5.69 Å². The number of hydrogen-bond donors (Lipinski definition) is 2. The molecule has 15 heavy (non-hydrogen) atoms. The van der Waals surface area contributed by atoms with Crippen LogP contribution < -0.4 is 5.73 Å². The fourth-order valence-corrected chi connectivity index (χ4v) is 2.22. The van der Waals surface area contributed by atoms with Gasteiger partial charge >= 0.3 is 0 Å². The molecule has 0 aliphatic rings. The summed E-state index contributed by atoms with van der Waals surface area (Å²) >= 11 is 1.28. The summed E-state index contributed by atoms with van der Waals surface area (Å²) < 4.78 is 0.773. The highest BCUT2D eigenvalue weighted by molar-refractivity contribution is 7.20. The van der Waals surface area contributed by atoms with E-state index in [1.54, 1.807) is 12.1 Å². The van der Waals surface area contributed by atoms with Crippen LogP contribution in [0.1, 0.15) is 4.88 Å². The van der Waals surface area contributed by atoms with Crippen LogP contribution in [0.5, 0.6) is 0 Å². The number of thiophene rings is 1. The molecule has 2 aromatic rings. The number of nitrogens with two attached hydrogens (primary N) is 1. The maximum atomic E-state index is 10.5. The van der Waals surface area contributed by atoms with E-state index in [9.17, 15) is 10.1 Å². The molecule has 0 aliphatic carbocycles. The van der Waals surface area contributed by atoms with E-state index in [0.29, 0.717) is 4.88 Å². The number of hydrogen-bond acceptors (Lipinski definition) is 4. The van der Waals surface area contributed by atoms with Crippen LogP contribution in [-0.2, 0) is 0 Å². The van der Waals surface area contributed by atoms with Crippen molar-refractivity contribution in [2.75, 3.05) is 0 Å². The fraction of sp³-hybridized carbons (Fsp3) is 0. The number of nitrogens with one attached hydrogen (secondary N) is 1. The molecule has 0 amide bonds. The molecule has 0 bridgehead atoms. The van der Waals surface area contributed by atoms with Crippen LogP contribution in [0, 0.1) is 15.5 Å². The number of non-ortho nitro benzene ring substituents is 1. The highest BCUT2D eigenvalue weighted by Crippen LogP contribution is 2.28. The van der Waals surface area contributed by atoms with Gasteiger partial charge in [0.15, 0.2) is 0 Å². The summed E-state index contributed by atoms with van der Waals surface area (Å²) in [5.74, 6) is -0.0150. The molecule has 5 nitrogen and oxygen atoms in total. The van der Waals surface area contributed by atoms with Crippen molar-refractivity contribution in [1.29, 1.82) is 5.41 Å². The maximum Gasteiger partial charge on any atom is 0.270 e. The third-order valence-corrected chi connectivity index (χ3v) is 3.11. The molecule has 0 radical (unpaired) electrons. The molecule has 0 aliphatic heterocycles. The Balaban J connectivity index is 2.62. The highest BCUT2D eigenvalue weighted by atomic mass is 32.1. The first-order valence-electron chi connectivity index (χ1n) is 4.10. The van der Waals surface area contributed by atoms with E-state index < -0.39 is 4.92 Å². The van der Waals surface area contributed by atoms with Crippen LogP contribution in [-0.4, -0.2) is 10.8 Å². The van der Waals surface area contributed by atoms with E-state index in [-0.39, 0.29) is 11.5 Å². The standard InChI is InChI=1S/C9H7N3O2S/c10-9(11)8-3-5-1-2-6(12(13)14)4-7(5)15-8/h1-4H,(H3,10,11). The molecule has 0 atom stereocenters. The Bertz CT molecular complexity index is 549. The second-order valence-electron chi connectivity index (χ2n) is 3.00. The Morgan fingerprint density at radius 1 is 1.47 bits per heavy atom. The topological polar surface area (TPSA) is 93.0 Å².